The van der Waals surface area contributed by atoms with Crippen molar-refractivity contribution in [1.29, 1.82) is 0 Å². The fourth-order valence-electron chi connectivity index (χ4n) is 0.864. The van der Waals surface area contributed by atoms with Crippen molar-refractivity contribution in [1.82, 2.24) is 4.98 Å². The van der Waals surface area contributed by atoms with Gasteiger partial charge in [0.2, 0.25) is 0 Å². The molecule has 0 spiro atoms. The molecule has 0 aliphatic rings. The molecule has 0 bridgehead atoms. The summed E-state index contributed by atoms with van der Waals surface area (Å²) >= 11 is 0. The second-order valence-electron chi connectivity index (χ2n) is 2.66. The summed E-state index contributed by atoms with van der Waals surface area (Å²) in [5.74, 6) is 0. The number of hydrogen-bond donors (Lipinski definition) is 2. The highest BCUT2D eigenvalue weighted by molar-refractivity contribution is 7.67. The van der Waals surface area contributed by atoms with Gasteiger partial charge in [0.25, 0.3) is 11.0 Å². The van der Waals surface area contributed by atoms with E-state index in [9.17, 15) is 8.42 Å². The molecule has 6 heteroatoms. The summed E-state index contributed by atoms with van der Waals surface area (Å²) in [4.78, 5) is 3.80. The van der Waals surface area contributed by atoms with E-state index in [1.165, 1.54) is 13.1 Å². The van der Waals surface area contributed by atoms with Crippen LogP contribution >= 0.6 is 0 Å². The van der Waals surface area contributed by atoms with Crippen LogP contribution in [0.15, 0.2) is 24.5 Å². The summed E-state index contributed by atoms with van der Waals surface area (Å²) in [7, 11) is -2.96. The molecule has 0 aromatic carbocycles. The van der Waals surface area contributed by atoms with E-state index in [0.717, 1.165) is 0 Å². The van der Waals surface area contributed by atoms with Gasteiger partial charge in [-0.15, -0.1) is 0 Å². The smallest absolute Gasteiger partial charge is 0.259 e. The molecule has 0 aliphatic carbocycles. The van der Waals surface area contributed by atoms with Crippen molar-refractivity contribution in [3.8, 4) is 0 Å². The average Bonchev–Trinajstić information content (AvgIpc) is 2.04. The Hall–Kier alpha value is -0.980. The minimum absolute atomic E-state index is 0.509. The van der Waals surface area contributed by atoms with Crippen molar-refractivity contribution >= 4 is 11.0 Å². The third kappa shape index (κ3) is 2.76. The zero-order valence-electron chi connectivity index (χ0n) is 7.01. The minimum atomic E-state index is -2.96. The van der Waals surface area contributed by atoms with Gasteiger partial charge in [0.15, 0.2) is 5.72 Å². The van der Waals surface area contributed by atoms with Crippen LogP contribution < -0.4 is 5.73 Å². The van der Waals surface area contributed by atoms with E-state index in [4.69, 9.17) is 5.73 Å². The zero-order valence-corrected chi connectivity index (χ0v) is 7.90. The fourth-order valence-corrected chi connectivity index (χ4v) is 1.28. The lowest BCUT2D eigenvalue weighted by atomic mass is 10.1. The van der Waals surface area contributed by atoms with Gasteiger partial charge in [0, 0.05) is 18.0 Å². The third-order valence-electron chi connectivity index (χ3n) is 1.50. The molecule has 5 nitrogen and oxygen atoms in total. The van der Waals surface area contributed by atoms with Gasteiger partial charge in [-0.2, -0.15) is 0 Å². The molecule has 1 aromatic heterocycles. The maximum absolute atomic E-state index is 10.3. The van der Waals surface area contributed by atoms with Gasteiger partial charge in [0.1, 0.15) is 0 Å². The Balaban J connectivity index is 2.93. The van der Waals surface area contributed by atoms with Crippen LogP contribution in [0.3, 0.4) is 0 Å². The predicted molar refractivity (Wildman–Crippen MR) is 47.2 cm³/mol. The van der Waals surface area contributed by atoms with E-state index < -0.39 is 16.7 Å². The molecule has 0 saturated heterocycles. The number of nitrogens with zero attached hydrogens (tertiary/aromatic N) is 1. The maximum atomic E-state index is 10.3. The highest BCUT2D eigenvalue weighted by atomic mass is 32.2. The predicted octanol–water partition coefficient (Wildman–Crippen LogP) is -0.244. The number of thiol groups is 1. The van der Waals surface area contributed by atoms with Crippen molar-refractivity contribution in [3.63, 3.8) is 0 Å². The third-order valence-corrected chi connectivity index (χ3v) is 2.03. The minimum Gasteiger partial charge on any atom is -0.299 e. The molecule has 1 heterocycles. The first-order valence-corrected chi connectivity index (χ1v) is 4.65. The lowest BCUT2D eigenvalue weighted by Gasteiger charge is -2.20. The van der Waals surface area contributed by atoms with E-state index in [1.54, 1.807) is 18.3 Å². The molecule has 0 radical (unpaired) electrons. The molecule has 2 N–H and O–H groups in total. The van der Waals surface area contributed by atoms with Crippen molar-refractivity contribution in [3.05, 3.63) is 30.1 Å². The van der Waals surface area contributed by atoms with Crippen LogP contribution in [0.4, 0.5) is 0 Å². The van der Waals surface area contributed by atoms with E-state index in [0.29, 0.717) is 5.56 Å². The van der Waals surface area contributed by atoms with Crippen molar-refractivity contribution in [2.24, 2.45) is 5.73 Å². The standard InChI is InChI=1S/C7H10N2O3S/c1-7(8,12-13(10)11)6-3-2-4-9-5-6/h2-5,13H,8H2,1H3. The summed E-state index contributed by atoms with van der Waals surface area (Å²) in [6.45, 7) is 1.45. The van der Waals surface area contributed by atoms with Crippen LogP contribution in [0.2, 0.25) is 0 Å². The molecule has 1 unspecified atom stereocenters. The van der Waals surface area contributed by atoms with Crippen LogP contribution in [-0.2, 0) is 20.9 Å². The van der Waals surface area contributed by atoms with Crippen LogP contribution in [0.25, 0.3) is 0 Å². The van der Waals surface area contributed by atoms with Crippen LogP contribution in [0, 0.1) is 0 Å². The van der Waals surface area contributed by atoms with E-state index in [-0.39, 0.29) is 0 Å². The Morgan fingerprint density at radius 1 is 1.62 bits per heavy atom. The average molecular weight is 202 g/mol. The monoisotopic (exact) mass is 202 g/mol. The second kappa shape index (κ2) is 3.82. The normalized spacial score (nSPS) is 15.6. The van der Waals surface area contributed by atoms with E-state index in [1.807, 2.05) is 0 Å². The van der Waals surface area contributed by atoms with Crippen LogP contribution in [-0.4, -0.2) is 13.4 Å². The van der Waals surface area contributed by atoms with E-state index in [2.05, 4.69) is 9.17 Å². The molecule has 13 heavy (non-hydrogen) atoms. The highest BCUT2D eigenvalue weighted by Gasteiger charge is 2.23. The van der Waals surface area contributed by atoms with Gasteiger partial charge in [0.05, 0.1) is 0 Å². The quantitative estimate of drug-likeness (QED) is 0.522. The number of nitrogens with two attached hydrogens (primary N) is 1. The van der Waals surface area contributed by atoms with Gasteiger partial charge < -0.3 is 0 Å². The molecular weight excluding hydrogens is 192 g/mol. The van der Waals surface area contributed by atoms with Gasteiger partial charge >= 0.3 is 0 Å². The van der Waals surface area contributed by atoms with Crippen LogP contribution in [0.1, 0.15) is 12.5 Å². The van der Waals surface area contributed by atoms with Crippen molar-refractivity contribution in [2.45, 2.75) is 12.6 Å². The summed E-state index contributed by atoms with van der Waals surface area (Å²) in [6, 6.07) is 3.30. The number of pyridine rings is 1. The fraction of sp³-hybridized carbons (Fsp3) is 0.286. The molecule has 0 aliphatic heterocycles. The highest BCUT2D eigenvalue weighted by Crippen LogP contribution is 2.17. The Bertz CT molecular complexity index is 340. The summed E-state index contributed by atoms with van der Waals surface area (Å²) in [5, 5.41) is 0. The molecule has 0 fully saturated rings. The first-order chi connectivity index (χ1) is 6.02. The topological polar surface area (TPSA) is 82.3 Å². The van der Waals surface area contributed by atoms with Gasteiger partial charge in [-0.05, 0) is 13.0 Å². The summed E-state index contributed by atoms with van der Waals surface area (Å²) in [5.41, 5.74) is 4.76. The molecule has 1 aromatic rings. The lowest BCUT2D eigenvalue weighted by Crippen LogP contribution is -2.35. The van der Waals surface area contributed by atoms with Crippen molar-refractivity contribution in [2.75, 3.05) is 0 Å². The number of rotatable bonds is 3. The zero-order chi connectivity index (χ0) is 9.90. The van der Waals surface area contributed by atoms with Gasteiger partial charge in [-0.25, -0.2) is 12.6 Å². The second-order valence-corrected chi connectivity index (χ2v) is 3.29. The summed E-state index contributed by atoms with van der Waals surface area (Å²) < 4.78 is 25.1. The molecule has 1 atom stereocenters. The Morgan fingerprint density at radius 3 is 2.77 bits per heavy atom. The summed E-state index contributed by atoms with van der Waals surface area (Å²) in [6.07, 6.45) is 3.02. The first kappa shape index (κ1) is 10.1. The Kier molecular flexibility index (Phi) is 2.97. The molecule has 0 saturated carbocycles. The van der Waals surface area contributed by atoms with Gasteiger partial charge in [-0.1, -0.05) is 6.07 Å². The molecular formula is C7H10N2O3S. The van der Waals surface area contributed by atoms with Crippen LogP contribution in [0.5, 0.6) is 0 Å². The van der Waals surface area contributed by atoms with Gasteiger partial charge in [-0.3, -0.25) is 10.7 Å². The molecule has 1 rings (SSSR count). The largest absolute Gasteiger partial charge is 0.299 e. The Labute approximate surface area is 77.7 Å². The maximum Gasteiger partial charge on any atom is 0.259 e. The molecule has 0 amide bonds. The Morgan fingerprint density at radius 2 is 2.31 bits per heavy atom. The first-order valence-electron chi connectivity index (χ1n) is 3.55. The van der Waals surface area contributed by atoms with E-state index >= 15 is 0 Å². The molecule has 72 valence electrons. The number of aromatic nitrogens is 1. The van der Waals surface area contributed by atoms with Crippen molar-refractivity contribution < 1.29 is 12.6 Å². The lowest BCUT2D eigenvalue weighted by molar-refractivity contribution is 0.110. The number of hydrogen-bond acceptors (Lipinski definition) is 5. The SMILES string of the molecule is CC(N)(O[SH](=O)=O)c1cccnc1.